The first-order valence-corrected chi connectivity index (χ1v) is 32.2. The molecule has 0 N–H and O–H groups in total. The molecule has 0 atom stereocenters. The maximum Gasteiger partial charge on any atom is 3.00 e. The molecule has 0 spiro atoms. The van der Waals surface area contributed by atoms with Gasteiger partial charge >= 0.3 is 41.2 Å². The molecule has 0 unspecified atom stereocenters. The molecule has 470 valence electrons. The summed E-state index contributed by atoms with van der Waals surface area (Å²) in [7, 11) is 0. The molecular formula is C91H56IrN5OPt. The molecule has 0 saturated carbocycles. The Bertz CT molecular complexity index is 5260. The zero-order valence-electron chi connectivity index (χ0n) is 53.1. The van der Waals surface area contributed by atoms with Gasteiger partial charge in [0.2, 0.25) is 0 Å². The molecule has 99 heavy (non-hydrogen) atoms. The van der Waals surface area contributed by atoms with Crippen molar-refractivity contribution in [1.29, 1.82) is 0 Å². The fourth-order valence-corrected chi connectivity index (χ4v) is 12.8. The number of hydrogen-bond donors (Lipinski definition) is 0. The van der Waals surface area contributed by atoms with E-state index in [2.05, 4.69) is 270 Å². The third-order valence-electron chi connectivity index (χ3n) is 17.4. The van der Waals surface area contributed by atoms with Gasteiger partial charge in [0.05, 0.1) is 0 Å². The van der Waals surface area contributed by atoms with E-state index in [1.807, 2.05) is 91.3 Å². The molecule has 0 fully saturated rings. The molecule has 0 amide bonds. The summed E-state index contributed by atoms with van der Waals surface area (Å²) in [5, 5.41) is 0. The SMILES string of the molecule is [Ir+3].[Pt+2].[c-]1cc(-c2ccccc2-c2cc(-c3ccccc3-c3c[c-]c(-c4ccccn4)cc3-c3cccc(-c4ccccc4)c3)cc(-c3ccccc3-c3c[c-]c(-c4ccccn4)cc3-c3cccc(-c4ccccc4)c3)c2)c(Oc2[c-]c(-c3ccccn3)ccc2)[c-]c1-c1ncccn1. The van der Waals surface area contributed by atoms with Crippen LogP contribution in [-0.2, 0) is 41.2 Å². The molecule has 0 aliphatic rings. The van der Waals surface area contributed by atoms with Crippen LogP contribution in [-0.4, -0.2) is 24.9 Å². The van der Waals surface area contributed by atoms with Crippen LogP contribution in [0.3, 0.4) is 0 Å². The second-order valence-corrected chi connectivity index (χ2v) is 23.5. The largest absolute Gasteiger partial charge is 3.00 e. The first-order chi connectivity index (χ1) is 48.1. The van der Waals surface area contributed by atoms with Crippen molar-refractivity contribution >= 4 is 0 Å². The molecule has 12 aromatic carbocycles. The van der Waals surface area contributed by atoms with Crippen molar-refractivity contribution in [3.05, 3.63) is 371 Å². The number of benzene rings is 12. The number of rotatable bonds is 16. The van der Waals surface area contributed by atoms with Gasteiger partial charge in [-0.3, -0.25) is 6.07 Å². The summed E-state index contributed by atoms with van der Waals surface area (Å²) >= 11 is 0. The van der Waals surface area contributed by atoms with Crippen LogP contribution in [0.25, 0.3) is 156 Å². The van der Waals surface area contributed by atoms with Crippen molar-refractivity contribution in [2.24, 2.45) is 0 Å². The number of nitrogens with zero attached hydrogens (tertiary/aromatic N) is 5. The van der Waals surface area contributed by atoms with E-state index in [9.17, 15) is 0 Å². The van der Waals surface area contributed by atoms with Crippen LogP contribution >= 0.6 is 0 Å². The van der Waals surface area contributed by atoms with Crippen molar-refractivity contribution < 1.29 is 45.9 Å². The normalized spacial score (nSPS) is 10.9. The maximum atomic E-state index is 7.00. The zero-order valence-corrected chi connectivity index (χ0v) is 57.8. The van der Waals surface area contributed by atoms with Gasteiger partial charge in [0.15, 0.2) is 0 Å². The molecule has 16 rings (SSSR count). The summed E-state index contributed by atoms with van der Waals surface area (Å²) in [6.45, 7) is 0. The van der Waals surface area contributed by atoms with Crippen LogP contribution in [0.2, 0.25) is 0 Å². The van der Waals surface area contributed by atoms with E-state index in [0.717, 1.165) is 145 Å². The van der Waals surface area contributed by atoms with Gasteiger partial charge in [-0.25, -0.2) is 17.7 Å². The average molecular weight is 1620 g/mol. The van der Waals surface area contributed by atoms with E-state index < -0.39 is 0 Å². The monoisotopic (exact) mass is 1620 g/mol. The molecular weight excluding hydrogens is 1570 g/mol. The number of pyridine rings is 3. The molecule has 0 aliphatic heterocycles. The minimum absolute atomic E-state index is 0. The summed E-state index contributed by atoms with van der Waals surface area (Å²) in [5.74, 6) is 1.42. The van der Waals surface area contributed by atoms with Crippen LogP contribution in [0.5, 0.6) is 11.5 Å². The Balaban J connectivity index is 0.00000418. The average Bonchev–Trinajstić information content (AvgIpc) is 0.766. The van der Waals surface area contributed by atoms with Crippen molar-refractivity contribution in [2.75, 3.05) is 0 Å². The van der Waals surface area contributed by atoms with Crippen molar-refractivity contribution in [2.45, 2.75) is 0 Å². The van der Waals surface area contributed by atoms with E-state index in [4.69, 9.17) is 14.7 Å². The van der Waals surface area contributed by atoms with Crippen molar-refractivity contribution in [1.82, 2.24) is 24.9 Å². The Hall–Kier alpha value is -11.7. The summed E-state index contributed by atoms with van der Waals surface area (Å²) in [6, 6.07) is 126. The summed E-state index contributed by atoms with van der Waals surface area (Å²) < 4.78 is 7.00. The van der Waals surface area contributed by atoms with E-state index in [1.54, 1.807) is 24.7 Å². The quantitative estimate of drug-likeness (QED) is 0.0898. The van der Waals surface area contributed by atoms with Gasteiger partial charge in [-0.15, -0.1) is 76.9 Å². The van der Waals surface area contributed by atoms with Crippen molar-refractivity contribution in [3.8, 4) is 168 Å². The molecule has 0 saturated heterocycles. The van der Waals surface area contributed by atoms with Gasteiger partial charge in [0, 0.05) is 36.7 Å². The number of ether oxygens (including phenoxy) is 1. The van der Waals surface area contributed by atoms with Gasteiger partial charge < -0.3 is 29.7 Å². The second kappa shape index (κ2) is 29.7. The molecule has 4 aromatic heterocycles. The zero-order chi connectivity index (χ0) is 64.7. The minimum Gasteiger partial charge on any atom is -0.515 e. The molecule has 6 nitrogen and oxygen atoms in total. The Morgan fingerprint density at radius 2 is 0.616 bits per heavy atom. The molecule has 0 aliphatic carbocycles. The Morgan fingerprint density at radius 1 is 0.242 bits per heavy atom. The Kier molecular flexibility index (Phi) is 19.4. The topological polar surface area (TPSA) is 73.7 Å². The van der Waals surface area contributed by atoms with Gasteiger partial charge in [-0.05, 0) is 150 Å². The third kappa shape index (κ3) is 13.9. The van der Waals surface area contributed by atoms with Crippen LogP contribution < -0.4 is 4.74 Å². The van der Waals surface area contributed by atoms with Crippen LogP contribution in [0.4, 0.5) is 0 Å². The smallest absolute Gasteiger partial charge is 0.515 e. The van der Waals surface area contributed by atoms with Gasteiger partial charge in [-0.1, -0.05) is 251 Å². The minimum atomic E-state index is 0. The molecule has 0 bridgehead atoms. The number of hydrogen-bond acceptors (Lipinski definition) is 6. The van der Waals surface area contributed by atoms with Gasteiger partial charge in [0.1, 0.15) is 0 Å². The van der Waals surface area contributed by atoms with Gasteiger partial charge in [-0.2, -0.15) is 0 Å². The van der Waals surface area contributed by atoms with Gasteiger partial charge in [0.25, 0.3) is 0 Å². The van der Waals surface area contributed by atoms with Crippen LogP contribution in [0.1, 0.15) is 0 Å². The number of aromatic nitrogens is 5. The predicted octanol–water partition coefficient (Wildman–Crippen LogP) is 22.8. The summed E-state index contributed by atoms with van der Waals surface area (Å²) in [4.78, 5) is 23.5. The fourth-order valence-electron chi connectivity index (χ4n) is 12.8. The summed E-state index contributed by atoms with van der Waals surface area (Å²) in [6.07, 6.45) is 8.89. The fraction of sp³-hybridized carbons (Fsp3) is 0. The van der Waals surface area contributed by atoms with Crippen LogP contribution in [0, 0.1) is 30.3 Å². The standard InChI is InChI=1S/C91H56N5O.Ir.Pt/c1-3-23-62(24-4-1)64-27-19-29-66(53-64)85-59-69(88-40-14-17-49-93-88)42-45-82(85)79-36-10-7-33-76(79)72-55-73(77-34-8-11-37-80(77)83-46-43-70(89-41-15-18-50-94-89)60-86(83)67-30-20-28-65(54-67)63-25-5-2-6-26-63)57-74(56-72)78-35-9-12-38-81(78)84-47-44-71(91-95-51-22-52-96-91)61-90(84)97-75-32-21-31-68(58-75)87-39-13-16-48-92-87;;/h1-41,45-57,59-60H;;/q-5;+3;+2. The van der Waals surface area contributed by atoms with E-state index in [1.165, 1.54) is 0 Å². The van der Waals surface area contributed by atoms with E-state index in [0.29, 0.717) is 22.9 Å². The maximum absolute atomic E-state index is 7.00. The van der Waals surface area contributed by atoms with E-state index in [-0.39, 0.29) is 41.2 Å². The molecule has 0 radical (unpaired) electrons. The molecule has 16 aromatic rings. The Morgan fingerprint density at radius 3 is 1.08 bits per heavy atom. The third-order valence-corrected chi connectivity index (χ3v) is 17.4. The van der Waals surface area contributed by atoms with Crippen molar-refractivity contribution in [3.63, 3.8) is 0 Å². The Labute approximate surface area is 604 Å². The van der Waals surface area contributed by atoms with Crippen LogP contribution in [0.15, 0.2) is 340 Å². The molecule has 4 heterocycles. The first-order valence-electron chi connectivity index (χ1n) is 32.2. The van der Waals surface area contributed by atoms with E-state index >= 15 is 0 Å². The predicted molar refractivity (Wildman–Crippen MR) is 392 cm³/mol. The first kappa shape index (κ1) is 64.6. The second-order valence-electron chi connectivity index (χ2n) is 23.5. The summed E-state index contributed by atoms with van der Waals surface area (Å²) in [5.41, 5.74) is 26.2. The molecule has 8 heteroatoms.